The van der Waals surface area contributed by atoms with Gasteiger partial charge in [0.2, 0.25) is 0 Å². The Kier molecular flexibility index (Phi) is 5.17. The van der Waals surface area contributed by atoms with Gasteiger partial charge in [-0.3, -0.25) is 9.59 Å². The Balaban J connectivity index is 2.30. The van der Waals surface area contributed by atoms with Crippen LogP contribution in [-0.2, 0) is 6.61 Å². The Morgan fingerprint density at radius 3 is 2.21 bits per heavy atom. The van der Waals surface area contributed by atoms with E-state index in [1.807, 2.05) is 26.8 Å². The molecule has 0 bridgehead atoms. The summed E-state index contributed by atoms with van der Waals surface area (Å²) in [4.78, 5) is 23.1. The third-order valence-corrected chi connectivity index (χ3v) is 4.19. The zero-order valence-corrected chi connectivity index (χ0v) is 14.6. The largest absolute Gasteiger partial charge is 0.489 e. The lowest BCUT2D eigenvalue weighted by Gasteiger charge is -2.16. The van der Waals surface area contributed by atoms with Gasteiger partial charge in [-0.25, -0.2) is 4.39 Å². The second kappa shape index (κ2) is 6.95. The molecule has 0 saturated carbocycles. The van der Waals surface area contributed by atoms with Gasteiger partial charge in [-0.05, 0) is 69.0 Å². The highest BCUT2D eigenvalue weighted by Gasteiger charge is 2.15. The van der Waals surface area contributed by atoms with Crippen molar-refractivity contribution in [1.82, 2.24) is 0 Å². The summed E-state index contributed by atoms with van der Waals surface area (Å²) in [5, 5.41) is 0. The average Bonchev–Trinajstić information content (AvgIpc) is 2.45. The van der Waals surface area contributed by atoms with Crippen molar-refractivity contribution in [1.29, 1.82) is 0 Å². The first kappa shape index (κ1) is 17.9. The Labute approximate surface area is 141 Å². The van der Waals surface area contributed by atoms with Crippen molar-refractivity contribution < 1.29 is 18.7 Å². The maximum absolute atomic E-state index is 13.9. The quantitative estimate of drug-likeness (QED) is 0.745. The fourth-order valence-electron chi connectivity index (χ4n) is 3.02. The second-order valence-electron chi connectivity index (χ2n) is 6.03. The zero-order valence-electron chi connectivity index (χ0n) is 14.6. The normalized spacial score (nSPS) is 10.6. The van der Waals surface area contributed by atoms with E-state index in [1.54, 1.807) is 13.0 Å². The van der Waals surface area contributed by atoms with Gasteiger partial charge in [-0.15, -0.1) is 0 Å². The molecule has 0 fully saturated rings. The van der Waals surface area contributed by atoms with Gasteiger partial charge in [0.1, 0.15) is 18.2 Å². The van der Waals surface area contributed by atoms with E-state index in [9.17, 15) is 14.0 Å². The van der Waals surface area contributed by atoms with E-state index >= 15 is 0 Å². The van der Waals surface area contributed by atoms with Crippen LogP contribution in [0.15, 0.2) is 24.3 Å². The Bertz CT molecular complexity index is 822. The molecule has 4 heteroatoms. The second-order valence-corrected chi connectivity index (χ2v) is 6.03. The topological polar surface area (TPSA) is 43.4 Å². The molecule has 0 aromatic heterocycles. The molecule has 0 aliphatic heterocycles. The van der Waals surface area contributed by atoms with E-state index in [2.05, 4.69) is 0 Å². The van der Waals surface area contributed by atoms with Crippen molar-refractivity contribution >= 4 is 11.6 Å². The maximum atomic E-state index is 13.9. The fourth-order valence-corrected chi connectivity index (χ4v) is 3.02. The fraction of sp³-hybridized carbons (Fsp3) is 0.300. The minimum Gasteiger partial charge on any atom is -0.489 e. The molecule has 0 aliphatic rings. The van der Waals surface area contributed by atoms with Crippen molar-refractivity contribution in [2.75, 3.05) is 0 Å². The van der Waals surface area contributed by atoms with Crippen LogP contribution < -0.4 is 4.74 Å². The smallest absolute Gasteiger partial charge is 0.162 e. The zero-order chi connectivity index (χ0) is 18.0. The van der Waals surface area contributed by atoms with Gasteiger partial charge >= 0.3 is 0 Å². The van der Waals surface area contributed by atoms with Gasteiger partial charge < -0.3 is 4.74 Å². The lowest BCUT2D eigenvalue weighted by Crippen LogP contribution is -2.08. The number of benzene rings is 2. The molecular formula is C20H21FO3. The van der Waals surface area contributed by atoms with Crippen molar-refractivity contribution in [3.63, 3.8) is 0 Å². The van der Waals surface area contributed by atoms with Crippen molar-refractivity contribution in [3.8, 4) is 5.75 Å². The van der Waals surface area contributed by atoms with Crippen LogP contribution in [0, 0.1) is 26.6 Å². The molecule has 0 aliphatic carbocycles. The predicted molar refractivity (Wildman–Crippen MR) is 91.4 cm³/mol. The predicted octanol–water partition coefficient (Wildman–Crippen LogP) is 4.74. The third kappa shape index (κ3) is 3.53. The van der Waals surface area contributed by atoms with Crippen molar-refractivity contribution in [3.05, 3.63) is 63.5 Å². The van der Waals surface area contributed by atoms with Crippen LogP contribution >= 0.6 is 0 Å². The SMILES string of the molecule is CC(=O)c1ccc(OCc2c(C)cc(C)c(C(C)=O)c2C)cc1F. The Morgan fingerprint density at radius 1 is 1.00 bits per heavy atom. The van der Waals surface area contributed by atoms with Crippen LogP contribution in [0.4, 0.5) is 4.39 Å². The molecule has 2 aromatic rings. The number of halogens is 1. The molecular weight excluding hydrogens is 307 g/mol. The summed E-state index contributed by atoms with van der Waals surface area (Å²) in [5.74, 6) is -0.554. The molecule has 0 unspecified atom stereocenters. The minimum absolute atomic E-state index is 0.0168. The summed E-state index contributed by atoms with van der Waals surface area (Å²) in [6.45, 7) is 8.87. The van der Waals surface area contributed by atoms with Crippen LogP contribution in [0.2, 0.25) is 0 Å². The maximum Gasteiger partial charge on any atom is 0.162 e. The summed E-state index contributed by atoms with van der Waals surface area (Å²) in [7, 11) is 0. The van der Waals surface area contributed by atoms with Gasteiger partial charge in [-0.2, -0.15) is 0 Å². The monoisotopic (exact) mass is 328 g/mol. The summed E-state index contributed by atoms with van der Waals surface area (Å²) in [6, 6.07) is 6.16. The molecule has 0 amide bonds. The number of ketones is 2. The molecule has 24 heavy (non-hydrogen) atoms. The number of Topliss-reactive ketones (excluding diaryl/α,β-unsaturated/α-hetero) is 2. The van der Waals surface area contributed by atoms with Gasteiger partial charge in [0.05, 0.1) is 5.56 Å². The first-order valence-electron chi connectivity index (χ1n) is 7.76. The third-order valence-electron chi connectivity index (χ3n) is 4.19. The molecule has 0 N–H and O–H groups in total. The van der Waals surface area contributed by atoms with Gasteiger partial charge in [0.15, 0.2) is 11.6 Å². The number of ether oxygens (including phenoxy) is 1. The first-order valence-corrected chi connectivity index (χ1v) is 7.76. The van der Waals surface area contributed by atoms with E-state index in [0.717, 1.165) is 22.3 Å². The molecule has 2 aromatic carbocycles. The lowest BCUT2D eigenvalue weighted by molar-refractivity contribution is 0.100. The number of rotatable bonds is 5. The highest BCUT2D eigenvalue weighted by molar-refractivity contribution is 5.97. The van der Waals surface area contributed by atoms with Gasteiger partial charge in [0, 0.05) is 11.6 Å². The molecule has 2 rings (SSSR count). The van der Waals surface area contributed by atoms with Crippen LogP contribution in [0.3, 0.4) is 0 Å². The molecule has 0 radical (unpaired) electrons. The molecule has 0 atom stereocenters. The highest BCUT2D eigenvalue weighted by atomic mass is 19.1. The number of carbonyl (C=O) groups is 2. The van der Waals surface area contributed by atoms with Crippen LogP contribution in [0.25, 0.3) is 0 Å². The molecule has 0 heterocycles. The van der Waals surface area contributed by atoms with E-state index < -0.39 is 5.82 Å². The van der Waals surface area contributed by atoms with Crippen molar-refractivity contribution in [2.45, 2.75) is 41.2 Å². The van der Waals surface area contributed by atoms with Crippen molar-refractivity contribution in [2.24, 2.45) is 0 Å². The summed E-state index contributed by atoms with van der Waals surface area (Å²) in [6.07, 6.45) is 0. The summed E-state index contributed by atoms with van der Waals surface area (Å²) >= 11 is 0. The molecule has 3 nitrogen and oxygen atoms in total. The highest BCUT2D eigenvalue weighted by Crippen LogP contribution is 2.25. The summed E-state index contributed by atoms with van der Waals surface area (Å²) < 4.78 is 19.5. The van der Waals surface area contributed by atoms with Gasteiger partial charge in [-0.1, -0.05) is 6.07 Å². The summed E-state index contributed by atoms with van der Waals surface area (Å²) in [5.41, 5.74) is 4.53. The number of hydrogen-bond acceptors (Lipinski definition) is 3. The minimum atomic E-state index is -0.596. The van der Waals surface area contributed by atoms with Gasteiger partial charge in [0.25, 0.3) is 0 Å². The first-order chi connectivity index (χ1) is 11.2. The lowest BCUT2D eigenvalue weighted by atomic mass is 9.92. The van der Waals surface area contributed by atoms with Crippen LogP contribution in [0.5, 0.6) is 5.75 Å². The number of aryl methyl sites for hydroxylation is 2. The average molecular weight is 328 g/mol. The van der Waals surface area contributed by atoms with E-state index in [4.69, 9.17) is 4.74 Å². The Morgan fingerprint density at radius 2 is 1.67 bits per heavy atom. The molecule has 0 spiro atoms. The molecule has 126 valence electrons. The van der Waals surface area contributed by atoms with E-state index in [-0.39, 0.29) is 23.7 Å². The number of hydrogen-bond donors (Lipinski definition) is 0. The number of carbonyl (C=O) groups excluding carboxylic acids is 2. The standard InChI is InChI=1S/C20H21FO3/c1-11-8-12(2)20(15(5)23)13(3)18(11)10-24-16-6-7-17(14(4)22)19(21)9-16/h6-9H,10H2,1-5H3. The van der Waals surface area contributed by atoms with E-state index in [0.29, 0.717) is 11.3 Å². The molecule has 0 saturated heterocycles. The van der Waals surface area contributed by atoms with Crippen LogP contribution in [0.1, 0.15) is 56.8 Å². The van der Waals surface area contributed by atoms with E-state index in [1.165, 1.54) is 19.1 Å². The van der Waals surface area contributed by atoms with Crippen LogP contribution in [-0.4, -0.2) is 11.6 Å². The Hall–Kier alpha value is -2.49.